The molecule has 0 radical (unpaired) electrons. The minimum Gasteiger partial charge on any atom is -0.497 e. The predicted octanol–water partition coefficient (Wildman–Crippen LogP) is 8.18. The van der Waals surface area contributed by atoms with Crippen LogP contribution in [0.15, 0.2) is 52.6 Å². The number of unbranched alkanes of at least 4 members (excludes halogenated alkanes) is 9. The number of rotatable bonds is 19. The number of ether oxygens (including phenoxy) is 2. The number of esters is 1. The number of Topliss-reactive ketones (excluding diaryl/α,β-unsaturated/α-hetero) is 1. The summed E-state index contributed by atoms with van der Waals surface area (Å²) in [5.41, 5.74) is 0.147. The van der Waals surface area contributed by atoms with Crippen molar-refractivity contribution in [3.8, 4) is 5.75 Å². The van der Waals surface area contributed by atoms with Crippen molar-refractivity contribution in [2.24, 2.45) is 0 Å². The molecule has 254 valence electrons. The Hall–Kier alpha value is -3.70. The number of imide groups is 1. The van der Waals surface area contributed by atoms with E-state index >= 15 is 0 Å². The molecule has 4 amide bonds. The highest BCUT2D eigenvalue weighted by molar-refractivity contribution is 9.11. The number of nitrogens with zero attached hydrogens (tertiary/aromatic N) is 1. The maximum absolute atomic E-state index is 13.8. The molecule has 0 saturated carbocycles. The molecule has 1 fully saturated rings. The molecule has 2 aromatic rings. The number of halogens is 2. The smallest absolute Gasteiger partial charge is 0.338 e. The molecular weight excluding hydrogens is 690 g/mol. The quantitative estimate of drug-likeness (QED) is 0.0372. The van der Waals surface area contributed by atoms with Gasteiger partial charge < -0.3 is 20.1 Å². The van der Waals surface area contributed by atoms with Gasteiger partial charge in [-0.1, -0.05) is 99.2 Å². The van der Waals surface area contributed by atoms with Crippen molar-refractivity contribution < 1.29 is 33.4 Å². The summed E-state index contributed by atoms with van der Waals surface area (Å²) in [5, 5.41) is 5.06. The summed E-state index contributed by atoms with van der Waals surface area (Å²) in [5.74, 6) is -2.78. The van der Waals surface area contributed by atoms with E-state index in [0.717, 1.165) is 19.3 Å². The summed E-state index contributed by atoms with van der Waals surface area (Å²) in [6.07, 6.45) is 12.0. The number of allylic oxidation sites excluding steroid dienone is 1. The molecule has 47 heavy (non-hydrogen) atoms. The van der Waals surface area contributed by atoms with Crippen LogP contribution < -0.4 is 15.4 Å². The van der Waals surface area contributed by atoms with Crippen LogP contribution >= 0.6 is 27.5 Å². The Labute approximate surface area is 289 Å². The van der Waals surface area contributed by atoms with Crippen LogP contribution in [-0.4, -0.2) is 54.3 Å². The number of amides is 4. The van der Waals surface area contributed by atoms with Crippen molar-refractivity contribution >= 4 is 62.8 Å². The van der Waals surface area contributed by atoms with Crippen LogP contribution in [0.5, 0.6) is 5.75 Å². The third-order valence-corrected chi connectivity index (χ3v) is 9.07. The third kappa shape index (κ3) is 10.7. The molecule has 0 aromatic heterocycles. The van der Waals surface area contributed by atoms with Gasteiger partial charge in [-0.25, -0.2) is 14.5 Å². The first-order valence-corrected chi connectivity index (χ1v) is 17.3. The third-order valence-electron chi connectivity index (χ3n) is 7.79. The zero-order valence-corrected chi connectivity index (χ0v) is 29.5. The molecule has 1 aliphatic heterocycles. The van der Waals surface area contributed by atoms with Gasteiger partial charge in [-0.2, -0.15) is 0 Å². The number of urea groups is 1. The van der Waals surface area contributed by atoms with Gasteiger partial charge in [-0.3, -0.25) is 14.4 Å². The van der Waals surface area contributed by atoms with Crippen LogP contribution in [0.25, 0.3) is 0 Å². The number of hydrogen-bond donors (Lipinski definition) is 2. The molecule has 2 aromatic carbocycles. The average molecular weight is 733 g/mol. The van der Waals surface area contributed by atoms with Gasteiger partial charge in [0.2, 0.25) is 0 Å². The molecule has 2 N–H and O–H groups in total. The van der Waals surface area contributed by atoms with Crippen LogP contribution in [0.1, 0.15) is 105 Å². The maximum Gasteiger partial charge on any atom is 0.338 e. The van der Waals surface area contributed by atoms with Gasteiger partial charge in [0.25, 0.3) is 11.8 Å². The highest BCUT2D eigenvalue weighted by atomic mass is 79.9. The zero-order chi connectivity index (χ0) is 34.3. The van der Waals surface area contributed by atoms with Gasteiger partial charge in [0, 0.05) is 10.0 Å². The van der Waals surface area contributed by atoms with Crippen molar-refractivity contribution in [1.82, 2.24) is 10.2 Å². The van der Waals surface area contributed by atoms with E-state index < -0.39 is 35.6 Å². The predicted molar refractivity (Wildman–Crippen MR) is 185 cm³/mol. The molecule has 1 saturated heterocycles. The Bertz CT molecular complexity index is 1460. The lowest BCUT2D eigenvalue weighted by molar-refractivity contribution is -0.129. The molecular formula is C35H43BrClN3O7. The molecule has 12 heteroatoms. The lowest BCUT2D eigenvalue weighted by atomic mass is 10.0. The monoisotopic (exact) mass is 731 g/mol. The Morgan fingerprint density at radius 2 is 1.49 bits per heavy atom. The topological polar surface area (TPSA) is 131 Å². The minimum absolute atomic E-state index is 0.00939. The fraction of sp³-hybridized carbons (Fsp3) is 0.457. The maximum atomic E-state index is 13.8. The van der Waals surface area contributed by atoms with Crippen LogP contribution in [0.3, 0.4) is 0 Å². The summed E-state index contributed by atoms with van der Waals surface area (Å²) >= 11 is 9.63. The lowest BCUT2D eigenvalue weighted by Gasteiger charge is -2.23. The second-order valence-corrected chi connectivity index (χ2v) is 12.6. The van der Waals surface area contributed by atoms with Gasteiger partial charge in [-0.05, 0) is 55.3 Å². The number of carbonyl (C=O) groups excluding carboxylic acids is 5. The molecule has 0 aliphatic carbocycles. The summed E-state index contributed by atoms with van der Waals surface area (Å²) in [6, 6.07) is 7.29. The molecule has 3 rings (SSSR count). The van der Waals surface area contributed by atoms with E-state index in [2.05, 4.69) is 33.5 Å². The second-order valence-electron chi connectivity index (χ2n) is 11.2. The molecule has 1 atom stereocenters. The highest BCUT2D eigenvalue weighted by Gasteiger charge is 2.46. The fourth-order valence-electron chi connectivity index (χ4n) is 5.08. The van der Waals surface area contributed by atoms with Gasteiger partial charge in [0.05, 0.1) is 30.0 Å². The Morgan fingerprint density at radius 3 is 2.09 bits per heavy atom. The number of anilines is 1. The van der Waals surface area contributed by atoms with E-state index in [-0.39, 0.29) is 34.1 Å². The number of carbonyl (C=O) groups is 5. The fourth-order valence-corrected chi connectivity index (χ4v) is 5.52. The van der Waals surface area contributed by atoms with Crippen LogP contribution in [-0.2, 0) is 14.3 Å². The van der Waals surface area contributed by atoms with E-state index in [1.807, 2.05) is 0 Å². The normalized spacial score (nSPS) is 14.4. The molecule has 0 bridgehead atoms. The van der Waals surface area contributed by atoms with E-state index in [0.29, 0.717) is 21.6 Å². The summed E-state index contributed by atoms with van der Waals surface area (Å²) in [4.78, 5) is 67.2. The van der Waals surface area contributed by atoms with Crippen LogP contribution in [0.4, 0.5) is 10.5 Å². The number of hydrogen-bond acceptors (Lipinski definition) is 7. The van der Waals surface area contributed by atoms with Gasteiger partial charge in [0.15, 0.2) is 11.8 Å². The van der Waals surface area contributed by atoms with E-state index in [1.54, 1.807) is 6.92 Å². The average Bonchev–Trinajstić information content (AvgIpc) is 3.37. The first kappa shape index (κ1) is 37.8. The minimum atomic E-state index is -1.89. The summed E-state index contributed by atoms with van der Waals surface area (Å²) in [7, 11) is 1.46. The van der Waals surface area contributed by atoms with E-state index in [4.69, 9.17) is 21.1 Å². The van der Waals surface area contributed by atoms with Crippen molar-refractivity contribution in [2.75, 3.05) is 19.0 Å². The molecule has 1 aliphatic rings. The van der Waals surface area contributed by atoms with Crippen LogP contribution in [0, 0.1) is 0 Å². The first-order chi connectivity index (χ1) is 22.6. The number of benzene rings is 2. The van der Waals surface area contributed by atoms with Gasteiger partial charge >= 0.3 is 12.0 Å². The van der Waals surface area contributed by atoms with E-state index in [1.165, 1.54) is 94.5 Å². The number of ketones is 1. The SMILES string of the molecule is CCCCCCCCCCCCOC(=O)c1ccc(Cl)c(NC(=O)C(C(=O)c2ccc(OC)cc2)N2C(=O)N/C(=C(/Br)CC)C2=O)c1. The summed E-state index contributed by atoms with van der Waals surface area (Å²) < 4.78 is 11.0. The number of methoxy groups -OCH3 is 1. The van der Waals surface area contributed by atoms with Crippen molar-refractivity contribution in [3.05, 3.63) is 68.8 Å². The molecule has 1 unspecified atom stereocenters. The van der Waals surface area contributed by atoms with E-state index in [9.17, 15) is 24.0 Å². The molecule has 1 heterocycles. The number of nitrogens with one attached hydrogen (secondary N) is 2. The van der Waals surface area contributed by atoms with Crippen molar-refractivity contribution in [2.45, 2.75) is 90.5 Å². The van der Waals surface area contributed by atoms with Crippen molar-refractivity contribution in [3.63, 3.8) is 0 Å². The largest absolute Gasteiger partial charge is 0.497 e. The second kappa shape index (κ2) is 19.2. The highest BCUT2D eigenvalue weighted by Crippen LogP contribution is 2.28. The lowest BCUT2D eigenvalue weighted by Crippen LogP contribution is -2.52. The molecule has 10 nitrogen and oxygen atoms in total. The van der Waals surface area contributed by atoms with Crippen molar-refractivity contribution in [1.29, 1.82) is 0 Å². The van der Waals surface area contributed by atoms with Gasteiger partial charge in [0.1, 0.15) is 11.4 Å². The first-order valence-electron chi connectivity index (χ1n) is 16.1. The molecule has 0 spiro atoms. The Kier molecular flexibility index (Phi) is 15.4. The van der Waals surface area contributed by atoms with Gasteiger partial charge in [-0.15, -0.1) is 0 Å². The Balaban J connectivity index is 1.70. The van der Waals surface area contributed by atoms with Crippen LogP contribution in [0.2, 0.25) is 5.02 Å². The zero-order valence-electron chi connectivity index (χ0n) is 27.2. The standard InChI is InChI=1S/C35H43BrClN3O7/c1-4-6-7-8-9-10-11-12-13-14-21-47-34(44)24-17-20-27(37)28(22-24)38-32(42)30(31(41)23-15-18-25(46-3)19-16-23)40-33(43)29(26(36)5-2)39-35(40)45/h15-20,22,30H,4-14,21H2,1-3H3,(H,38,42)(H,39,45)/b29-26+. The Morgan fingerprint density at radius 1 is 0.894 bits per heavy atom. The summed E-state index contributed by atoms with van der Waals surface area (Å²) in [6.45, 7) is 4.24.